The molecule has 1 heterocycles. The van der Waals surface area contributed by atoms with E-state index in [-0.39, 0.29) is 11.7 Å². The highest BCUT2D eigenvalue weighted by atomic mass is 32.1. The summed E-state index contributed by atoms with van der Waals surface area (Å²) in [4.78, 5) is 11.9. The molecule has 1 rings (SSSR count). The van der Waals surface area contributed by atoms with Crippen LogP contribution in [0, 0.1) is 12.8 Å². The Labute approximate surface area is 89.3 Å². The Morgan fingerprint density at radius 3 is 2.71 bits per heavy atom. The molecule has 0 saturated carbocycles. The molecule has 0 aromatic carbocycles. The third-order valence-electron chi connectivity index (χ3n) is 2.08. The third-order valence-corrected chi connectivity index (χ3v) is 3.14. The third kappa shape index (κ3) is 2.15. The van der Waals surface area contributed by atoms with Crippen molar-refractivity contribution < 1.29 is 4.79 Å². The first-order valence-electron chi connectivity index (χ1n) is 4.94. The lowest BCUT2D eigenvalue weighted by atomic mass is 10.0. The smallest absolute Gasteiger partial charge is 0.168 e. The number of thiophene rings is 1. The van der Waals surface area contributed by atoms with Gasteiger partial charge in [-0.15, -0.1) is 11.3 Å². The summed E-state index contributed by atoms with van der Waals surface area (Å²) in [6.07, 6.45) is 0. The second-order valence-electron chi connectivity index (χ2n) is 3.67. The van der Waals surface area contributed by atoms with Crippen molar-refractivity contribution in [1.29, 1.82) is 0 Å². The summed E-state index contributed by atoms with van der Waals surface area (Å²) < 4.78 is 0. The Balaban J connectivity index is 3.04. The number of carbonyl (C=O) groups is 1. The molecule has 0 unspecified atom stereocenters. The molecule has 78 valence electrons. The van der Waals surface area contributed by atoms with Gasteiger partial charge in [0.05, 0.1) is 10.6 Å². The fourth-order valence-corrected chi connectivity index (χ4v) is 2.35. The van der Waals surface area contributed by atoms with Crippen molar-refractivity contribution in [2.75, 3.05) is 11.9 Å². The first kappa shape index (κ1) is 11.2. The highest BCUT2D eigenvalue weighted by Crippen LogP contribution is 2.29. The number of hydrogen-bond donors (Lipinski definition) is 1. The number of carbonyl (C=O) groups excluding carboxylic acids is 1. The van der Waals surface area contributed by atoms with Crippen molar-refractivity contribution in [1.82, 2.24) is 0 Å². The van der Waals surface area contributed by atoms with Gasteiger partial charge < -0.3 is 5.32 Å². The summed E-state index contributed by atoms with van der Waals surface area (Å²) in [5, 5.41) is 6.28. The van der Waals surface area contributed by atoms with Gasteiger partial charge in [0.1, 0.15) is 0 Å². The Morgan fingerprint density at radius 1 is 1.57 bits per heavy atom. The van der Waals surface area contributed by atoms with Crippen molar-refractivity contribution >= 4 is 22.1 Å². The maximum Gasteiger partial charge on any atom is 0.168 e. The highest BCUT2D eigenvalue weighted by Gasteiger charge is 2.18. The minimum Gasteiger partial charge on any atom is -0.377 e. The SMILES string of the molecule is CCNc1scc(C)c1C(=O)C(C)C. The molecule has 0 atom stereocenters. The number of anilines is 1. The van der Waals surface area contributed by atoms with E-state index in [0.717, 1.165) is 22.7 Å². The Kier molecular flexibility index (Phi) is 3.69. The van der Waals surface area contributed by atoms with Crippen molar-refractivity contribution in [2.45, 2.75) is 27.7 Å². The number of ketones is 1. The summed E-state index contributed by atoms with van der Waals surface area (Å²) in [6.45, 7) is 8.77. The minimum atomic E-state index is 0.0701. The quantitative estimate of drug-likeness (QED) is 0.774. The summed E-state index contributed by atoms with van der Waals surface area (Å²) in [5.41, 5.74) is 1.97. The molecule has 14 heavy (non-hydrogen) atoms. The van der Waals surface area contributed by atoms with Crippen LogP contribution in [-0.4, -0.2) is 12.3 Å². The average molecular weight is 211 g/mol. The van der Waals surface area contributed by atoms with Crippen LogP contribution in [0.1, 0.15) is 36.7 Å². The van der Waals surface area contributed by atoms with E-state index in [0.29, 0.717) is 0 Å². The van der Waals surface area contributed by atoms with E-state index in [2.05, 4.69) is 5.32 Å². The van der Waals surface area contributed by atoms with E-state index in [1.807, 2.05) is 33.1 Å². The van der Waals surface area contributed by atoms with Crippen LogP contribution >= 0.6 is 11.3 Å². The van der Waals surface area contributed by atoms with Gasteiger partial charge in [-0.3, -0.25) is 4.79 Å². The molecule has 0 amide bonds. The molecule has 0 bridgehead atoms. The Bertz CT molecular complexity index is 328. The fraction of sp³-hybridized carbons (Fsp3) is 0.545. The zero-order chi connectivity index (χ0) is 10.7. The topological polar surface area (TPSA) is 29.1 Å². The molecule has 0 aliphatic carbocycles. The van der Waals surface area contributed by atoms with Gasteiger partial charge in [0.15, 0.2) is 5.78 Å². The molecular weight excluding hydrogens is 194 g/mol. The van der Waals surface area contributed by atoms with Gasteiger partial charge in [0, 0.05) is 12.5 Å². The van der Waals surface area contributed by atoms with E-state index in [1.54, 1.807) is 11.3 Å². The molecule has 0 spiro atoms. The van der Waals surface area contributed by atoms with Crippen molar-refractivity contribution in [3.63, 3.8) is 0 Å². The molecule has 0 fully saturated rings. The van der Waals surface area contributed by atoms with Crippen LogP contribution in [0.3, 0.4) is 0 Å². The standard InChI is InChI=1S/C11H17NOS/c1-5-12-11-9(8(4)6-14-11)10(13)7(2)3/h6-7,12H,5H2,1-4H3. The summed E-state index contributed by atoms with van der Waals surface area (Å²) in [7, 11) is 0. The monoisotopic (exact) mass is 211 g/mol. The summed E-state index contributed by atoms with van der Waals surface area (Å²) in [5.74, 6) is 0.306. The van der Waals surface area contributed by atoms with Crippen molar-refractivity contribution in [3.8, 4) is 0 Å². The van der Waals surface area contributed by atoms with Gasteiger partial charge in [0.25, 0.3) is 0 Å². The molecule has 0 aliphatic heterocycles. The highest BCUT2D eigenvalue weighted by molar-refractivity contribution is 7.14. The second-order valence-corrected chi connectivity index (χ2v) is 4.55. The predicted octanol–water partition coefficient (Wildman–Crippen LogP) is 3.33. The van der Waals surface area contributed by atoms with Crippen LogP contribution < -0.4 is 5.32 Å². The molecule has 2 nitrogen and oxygen atoms in total. The van der Waals surface area contributed by atoms with Gasteiger partial charge in [-0.2, -0.15) is 0 Å². The van der Waals surface area contributed by atoms with Crippen molar-refractivity contribution in [3.05, 3.63) is 16.5 Å². The lowest BCUT2D eigenvalue weighted by Crippen LogP contribution is -2.10. The lowest BCUT2D eigenvalue weighted by molar-refractivity contribution is 0.0940. The predicted molar refractivity (Wildman–Crippen MR) is 62.4 cm³/mol. The fourth-order valence-electron chi connectivity index (χ4n) is 1.33. The van der Waals surface area contributed by atoms with Crippen LogP contribution in [0.25, 0.3) is 0 Å². The van der Waals surface area contributed by atoms with Crippen LogP contribution in [0.5, 0.6) is 0 Å². The van der Waals surface area contributed by atoms with E-state index >= 15 is 0 Å². The average Bonchev–Trinajstić information content (AvgIpc) is 2.47. The van der Waals surface area contributed by atoms with Gasteiger partial charge in [-0.05, 0) is 24.8 Å². The number of hydrogen-bond acceptors (Lipinski definition) is 3. The molecule has 1 N–H and O–H groups in total. The summed E-state index contributed by atoms with van der Waals surface area (Å²) >= 11 is 1.61. The van der Waals surface area contributed by atoms with Gasteiger partial charge in [0.2, 0.25) is 0 Å². The van der Waals surface area contributed by atoms with Crippen LogP contribution in [-0.2, 0) is 0 Å². The maximum atomic E-state index is 11.9. The number of aryl methyl sites for hydroxylation is 1. The minimum absolute atomic E-state index is 0.0701. The molecule has 1 aromatic rings. The largest absolute Gasteiger partial charge is 0.377 e. The molecular formula is C11H17NOS. The van der Waals surface area contributed by atoms with Crippen LogP contribution in [0.2, 0.25) is 0 Å². The second kappa shape index (κ2) is 4.60. The molecule has 0 saturated heterocycles. The summed E-state index contributed by atoms with van der Waals surface area (Å²) in [6, 6.07) is 0. The first-order chi connectivity index (χ1) is 6.57. The Morgan fingerprint density at radius 2 is 2.21 bits per heavy atom. The van der Waals surface area contributed by atoms with Gasteiger partial charge in [-0.25, -0.2) is 0 Å². The Hall–Kier alpha value is -0.830. The molecule has 1 aromatic heterocycles. The van der Waals surface area contributed by atoms with Gasteiger partial charge in [-0.1, -0.05) is 13.8 Å². The van der Waals surface area contributed by atoms with Crippen LogP contribution in [0.15, 0.2) is 5.38 Å². The van der Waals surface area contributed by atoms with Crippen LogP contribution in [0.4, 0.5) is 5.00 Å². The molecule has 3 heteroatoms. The maximum absolute atomic E-state index is 11.9. The molecule has 0 aliphatic rings. The number of Topliss-reactive ketones (excluding diaryl/α,β-unsaturated/α-hetero) is 1. The van der Waals surface area contributed by atoms with E-state index < -0.39 is 0 Å². The van der Waals surface area contributed by atoms with Gasteiger partial charge >= 0.3 is 0 Å². The normalized spacial score (nSPS) is 10.6. The zero-order valence-electron chi connectivity index (χ0n) is 9.18. The van der Waals surface area contributed by atoms with E-state index in [1.165, 1.54) is 0 Å². The zero-order valence-corrected chi connectivity index (χ0v) is 9.99. The number of rotatable bonds is 4. The van der Waals surface area contributed by atoms with E-state index in [9.17, 15) is 4.79 Å². The molecule has 0 radical (unpaired) electrons. The number of nitrogens with one attached hydrogen (secondary N) is 1. The van der Waals surface area contributed by atoms with E-state index in [4.69, 9.17) is 0 Å². The van der Waals surface area contributed by atoms with Crippen molar-refractivity contribution in [2.24, 2.45) is 5.92 Å². The first-order valence-corrected chi connectivity index (χ1v) is 5.82. The lowest BCUT2D eigenvalue weighted by Gasteiger charge is -2.07.